The summed E-state index contributed by atoms with van der Waals surface area (Å²) in [6.07, 6.45) is -2.14. The number of hydrogen-bond acceptors (Lipinski definition) is 9. The summed E-state index contributed by atoms with van der Waals surface area (Å²) in [5.41, 5.74) is -3.98. The molecule has 9 heteroatoms. The van der Waals surface area contributed by atoms with Gasteiger partial charge in [-0.15, -0.1) is 0 Å². The highest BCUT2D eigenvalue weighted by molar-refractivity contribution is 5.39. The van der Waals surface area contributed by atoms with Gasteiger partial charge in [0.25, 0.3) is 0 Å². The van der Waals surface area contributed by atoms with Crippen LogP contribution >= 0.6 is 0 Å². The van der Waals surface area contributed by atoms with E-state index in [0.29, 0.717) is 6.61 Å². The number of piperidine rings is 1. The lowest BCUT2D eigenvalue weighted by atomic mass is 9.43. The van der Waals surface area contributed by atoms with Crippen LogP contribution in [0.4, 0.5) is 0 Å². The first-order chi connectivity index (χ1) is 15.6. The Morgan fingerprint density at radius 3 is 2.30 bits per heavy atom. The summed E-state index contributed by atoms with van der Waals surface area (Å²) < 4.78 is 23.9. The molecule has 0 aromatic carbocycles. The van der Waals surface area contributed by atoms with Gasteiger partial charge < -0.3 is 44.3 Å². The van der Waals surface area contributed by atoms with Crippen molar-refractivity contribution in [1.29, 1.82) is 0 Å². The summed E-state index contributed by atoms with van der Waals surface area (Å²) in [4.78, 5) is 2.31. The Labute approximate surface area is 194 Å². The third-order valence-corrected chi connectivity index (χ3v) is 11.3. The molecule has 1 heterocycles. The molecular formula is C24H39NO8. The van der Waals surface area contributed by atoms with Crippen LogP contribution in [0.25, 0.3) is 0 Å². The molecular weight excluding hydrogens is 430 g/mol. The lowest BCUT2D eigenvalue weighted by Gasteiger charge is -2.69. The fraction of sp³-hybridized carbons (Fsp3) is 1.00. The van der Waals surface area contributed by atoms with Crippen molar-refractivity contribution in [3.05, 3.63) is 0 Å². The Bertz CT molecular complexity index is 830. The molecule has 6 rings (SSSR count). The van der Waals surface area contributed by atoms with Crippen LogP contribution in [-0.2, 0) is 18.9 Å². The fourth-order valence-corrected chi connectivity index (χ4v) is 10.9. The molecule has 0 amide bonds. The Morgan fingerprint density at radius 2 is 1.70 bits per heavy atom. The number of aliphatic hydroxyl groups excluding tert-OH is 2. The van der Waals surface area contributed by atoms with Crippen LogP contribution in [0.3, 0.4) is 0 Å². The smallest absolute Gasteiger partial charge is 0.120 e. The number of nitrogens with zero attached hydrogens (tertiary/aromatic N) is 1. The SMILES string of the molecule is COC[C@@]12CC[C@H](OC)C34C(C([C@H](OC)[C@@H]31)[C@]1(O)C3[C@H]4C[C@](O)([C@H]3O)[C@@H](OC)[C@@H]1O)N(C)C2. The minimum atomic E-state index is -1.67. The van der Waals surface area contributed by atoms with Gasteiger partial charge in [-0.05, 0) is 32.2 Å². The standard InChI is InChI=1S/C24H39NO8/c1-25-9-21(10-30-2)7-6-12(31-3)23-11-8-22(28)18(26)13(11)24(29,19(27)20(22)33-5)14(17(23)25)15(32-4)16(21)23/h11-20,26-29H,6-10H2,1-5H3/t11-,12+,13?,14?,15+,16-,17?,18+,19+,20+,21+,22+,23?,24-/m1/s1. The van der Waals surface area contributed by atoms with Crippen LogP contribution in [0, 0.1) is 34.5 Å². The van der Waals surface area contributed by atoms with Crippen LogP contribution < -0.4 is 0 Å². The quantitative estimate of drug-likeness (QED) is 0.396. The van der Waals surface area contributed by atoms with Crippen molar-refractivity contribution >= 4 is 0 Å². The fourth-order valence-electron chi connectivity index (χ4n) is 10.9. The van der Waals surface area contributed by atoms with Gasteiger partial charge in [0, 0.05) is 69.6 Å². The summed E-state index contributed by atoms with van der Waals surface area (Å²) >= 11 is 0. The third-order valence-electron chi connectivity index (χ3n) is 11.3. The monoisotopic (exact) mass is 469 g/mol. The van der Waals surface area contributed by atoms with E-state index in [9.17, 15) is 20.4 Å². The minimum absolute atomic E-state index is 0.00206. The molecule has 1 spiro atoms. The molecule has 188 valence electrons. The molecule has 6 aliphatic rings. The molecule has 9 nitrogen and oxygen atoms in total. The Balaban J connectivity index is 1.66. The second kappa shape index (κ2) is 6.89. The van der Waals surface area contributed by atoms with E-state index in [-0.39, 0.29) is 41.9 Å². The average Bonchev–Trinajstić information content (AvgIpc) is 3.16. The average molecular weight is 470 g/mol. The van der Waals surface area contributed by atoms with Gasteiger partial charge in [-0.1, -0.05) is 0 Å². The van der Waals surface area contributed by atoms with E-state index in [4.69, 9.17) is 18.9 Å². The van der Waals surface area contributed by atoms with Crippen molar-refractivity contribution in [1.82, 2.24) is 4.90 Å². The number of hydrogen-bond donors (Lipinski definition) is 4. The molecule has 5 saturated carbocycles. The number of aliphatic hydroxyl groups is 4. The van der Waals surface area contributed by atoms with Gasteiger partial charge in [0.2, 0.25) is 0 Å². The third kappa shape index (κ3) is 2.15. The van der Waals surface area contributed by atoms with Gasteiger partial charge in [-0.3, -0.25) is 0 Å². The van der Waals surface area contributed by atoms with Crippen molar-refractivity contribution in [2.24, 2.45) is 34.5 Å². The van der Waals surface area contributed by atoms with Crippen molar-refractivity contribution in [2.75, 3.05) is 48.6 Å². The van der Waals surface area contributed by atoms with E-state index in [2.05, 4.69) is 11.9 Å². The number of rotatable bonds is 5. The van der Waals surface area contributed by atoms with Gasteiger partial charge in [0.15, 0.2) is 0 Å². The summed E-state index contributed by atoms with van der Waals surface area (Å²) in [6, 6.07) is -0.131. The van der Waals surface area contributed by atoms with Crippen LogP contribution in [0.5, 0.6) is 0 Å². The first kappa shape index (κ1) is 23.1. The predicted octanol–water partition coefficient (Wildman–Crippen LogP) is -1.15. The van der Waals surface area contributed by atoms with Gasteiger partial charge in [0.1, 0.15) is 23.4 Å². The number of likely N-dealkylation sites (tertiary alicyclic amines) is 1. The molecule has 4 N–H and O–H groups in total. The maximum absolute atomic E-state index is 12.5. The highest BCUT2D eigenvalue weighted by Gasteiger charge is 2.89. The van der Waals surface area contributed by atoms with E-state index in [1.54, 1.807) is 21.3 Å². The molecule has 4 unspecified atom stereocenters. The minimum Gasteiger partial charge on any atom is -0.390 e. The van der Waals surface area contributed by atoms with Crippen molar-refractivity contribution < 1.29 is 39.4 Å². The molecule has 1 saturated heterocycles. The van der Waals surface area contributed by atoms with Gasteiger partial charge in [0.05, 0.1) is 24.9 Å². The number of ether oxygens (including phenoxy) is 4. The molecule has 0 aromatic rings. The molecule has 33 heavy (non-hydrogen) atoms. The molecule has 0 aromatic heterocycles. The van der Waals surface area contributed by atoms with Crippen LogP contribution in [0.1, 0.15) is 19.3 Å². The normalized spacial score (nSPS) is 63.2. The molecule has 14 atom stereocenters. The van der Waals surface area contributed by atoms with E-state index in [1.165, 1.54) is 7.11 Å². The zero-order valence-corrected chi connectivity index (χ0v) is 20.2. The van der Waals surface area contributed by atoms with E-state index >= 15 is 0 Å². The van der Waals surface area contributed by atoms with E-state index in [0.717, 1.165) is 19.4 Å². The van der Waals surface area contributed by atoms with E-state index in [1.807, 2.05) is 0 Å². The second-order valence-electron chi connectivity index (χ2n) is 11.9. The number of fused-ring (bicyclic) bond motifs is 2. The van der Waals surface area contributed by atoms with Gasteiger partial charge in [-0.25, -0.2) is 0 Å². The van der Waals surface area contributed by atoms with Crippen molar-refractivity contribution in [3.8, 4) is 0 Å². The van der Waals surface area contributed by atoms with E-state index < -0.39 is 46.8 Å². The number of methoxy groups -OCH3 is 4. The highest BCUT2D eigenvalue weighted by atomic mass is 16.5. The maximum Gasteiger partial charge on any atom is 0.120 e. The van der Waals surface area contributed by atoms with Crippen molar-refractivity contribution in [2.45, 2.75) is 67.0 Å². The molecule has 5 aliphatic carbocycles. The van der Waals surface area contributed by atoms with Crippen LogP contribution in [-0.4, -0.2) is 122 Å². The molecule has 0 radical (unpaired) electrons. The van der Waals surface area contributed by atoms with Gasteiger partial charge >= 0.3 is 0 Å². The predicted molar refractivity (Wildman–Crippen MR) is 115 cm³/mol. The first-order valence-corrected chi connectivity index (χ1v) is 12.2. The molecule has 7 bridgehead atoms. The lowest BCUT2D eigenvalue weighted by Crippen LogP contribution is -2.79. The molecule has 6 fully saturated rings. The van der Waals surface area contributed by atoms with Crippen LogP contribution in [0.2, 0.25) is 0 Å². The van der Waals surface area contributed by atoms with Gasteiger partial charge in [-0.2, -0.15) is 0 Å². The highest BCUT2D eigenvalue weighted by Crippen LogP contribution is 2.79. The molecule has 1 aliphatic heterocycles. The first-order valence-electron chi connectivity index (χ1n) is 12.2. The lowest BCUT2D eigenvalue weighted by molar-refractivity contribution is -0.314. The zero-order chi connectivity index (χ0) is 23.7. The zero-order valence-electron chi connectivity index (χ0n) is 20.2. The summed E-state index contributed by atoms with van der Waals surface area (Å²) in [7, 11) is 8.66. The Kier molecular flexibility index (Phi) is 4.82. The largest absolute Gasteiger partial charge is 0.390 e. The maximum atomic E-state index is 12.5. The summed E-state index contributed by atoms with van der Waals surface area (Å²) in [6.45, 7) is 1.36. The summed E-state index contributed by atoms with van der Waals surface area (Å²) in [5, 5.41) is 47.3. The topological polar surface area (TPSA) is 121 Å². The summed E-state index contributed by atoms with van der Waals surface area (Å²) in [5.74, 6) is -1.44. The Hall–Kier alpha value is -0.360. The second-order valence-corrected chi connectivity index (χ2v) is 11.9. The van der Waals surface area contributed by atoms with Crippen molar-refractivity contribution in [3.63, 3.8) is 0 Å². The Morgan fingerprint density at radius 1 is 0.970 bits per heavy atom. The van der Waals surface area contributed by atoms with Crippen LogP contribution in [0.15, 0.2) is 0 Å².